The van der Waals surface area contributed by atoms with Crippen LogP contribution in [0.1, 0.15) is 19.8 Å². The number of rotatable bonds is 9. The zero-order valence-electron chi connectivity index (χ0n) is 14.3. The number of thioether (sulfide) groups is 1. The molecular weight excluding hydrogens is 374 g/mol. The molecule has 1 atom stereocenters. The average molecular weight is 396 g/mol. The van der Waals surface area contributed by atoms with Gasteiger partial charge in [-0.2, -0.15) is 0 Å². The van der Waals surface area contributed by atoms with Gasteiger partial charge in [-0.05, 0) is 31.0 Å². The Hall–Kier alpha value is -2.10. The Bertz CT molecular complexity index is 858. The van der Waals surface area contributed by atoms with E-state index in [9.17, 15) is 18.5 Å². The van der Waals surface area contributed by atoms with Crippen molar-refractivity contribution in [1.82, 2.24) is 0 Å². The van der Waals surface area contributed by atoms with Crippen molar-refractivity contribution in [3.63, 3.8) is 0 Å². The summed E-state index contributed by atoms with van der Waals surface area (Å²) in [6, 6.07) is 13.9. The molecule has 0 aromatic heterocycles. The van der Waals surface area contributed by atoms with E-state index in [1.54, 1.807) is 11.8 Å². The highest BCUT2D eigenvalue weighted by atomic mass is 32.2. The lowest BCUT2D eigenvalue weighted by Gasteiger charge is -2.13. The lowest BCUT2D eigenvalue weighted by atomic mass is 10.2. The molecule has 140 valence electrons. The van der Waals surface area contributed by atoms with E-state index >= 15 is 0 Å². The summed E-state index contributed by atoms with van der Waals surface area (Å²) in [6.07, 6.45) is 1.61. The molecule has 2 aromatic rings. The van der Waals surface area contributed by atoms with E-state index in [0.717, 1.165) is 12.8 Å². The minimum Gasteiger partial charge on any atom is -0.378 e. The summed E-state index contributed by atoms with van der Waals surface area (Å²) in [5.41, 5.74) is -0.355. The molecule has 0 bridgehead atoms. The number of hydrogen-bond donors (Lipinski definition) is 2. The summed E-state index contributed by atoms with van der Waals surface area (Å²) in [7, 11) is -4.05. The van der Waals surface area contributed by atoms with Gasteiger partial charge in [-0.1, -0.05) is 31.2 Å². The fourth-order valence-electron chi connectivity index (χ4n) is 2.48. The molecule has 3 N–H and O–H groups in total. The summed E-state index contributed by atoms with van der Waals surface area (Å²) in [5.74, 6) is 0. The molecule has 1 unspecified atom stereocenters. The molecule has 26 heavy (non-hydrogen) atoms. The first kappa shape index (κ1) is 20.2. The second-order valence-electron chi connectivity index (χ2n) is 5.76. The monoisotopic (exact) mass is 395 g/mol. The van der Waals surface area contributed by atoms with E-state index in [4.69, 9.17) is 5.14 Å². The number of nitrogens with two attached hydrogens (primary N) is 1. The lowest BCUT2D eigenvalue weighted by Crippen LogP contribution is -2.16. The van der Waals surface area contributed by atoms with Gasteiger partial charge in [0.05, 0.1) is 4.92 Å². The highest BCUT2D eigenvalue weighted by Gasteiger charge is 2.23. The van der Waals surface area contributed by atoms with Crippen LogP contribution in [0.4, 0.5) is 11.4 Å². The van der Waals surface area contributed by atoms with Crippen LogP contribution in [0.15, 0.2) is 58.3 Å². The Balaban J connectivity index is 1.98. The quantitative estimate of drug-likeness (QED) is 0.290. The molecule has 0 aliphatic carbocycles. The van der Waals surface area contributed by atoms with Crippen molar-refractivity contribution in [3.8, 4) is 0 Å². The molecule has 0 heterocycles. The second-order valence-corrected chi connectivity index (χ2v) is 8.80. The minimum atomic E-state index is -4.05. The van der Waals surface area contributed by atoms with Crippen molar-refractivity contribution in [1.29, 1.82) is 0 Å². The summed E-state index contributed by atoms with van der Waals surface area (Å²) >= 11 is 1.75. The molecule has 2 aromatic carbocycles. The molecule has 0 fully saturated rings. The van der Waals surface area contributed by atoms with Gasteiger partial charge in [0.25, 0.3) is 5.69 Å². The minimum absolute atomic E-state index is 0.0524. The molecule has 7 nitrogen and oxygen atoms in total. The van der Waals surface area contributed by atoms with Crippen LogP contribution in [0.25, 0.3) is 0 Å². The molecule has 2 rings (SSSR count). The predicted molar refractivity (Wildman–Crippen MR) is 104 cm³/mol. The highest BCUT2D eigenvalue weighted by molar-refractivity contribution is 7.99. The number of nitro benzene ring substituents is 1. The van der Waals surface area contributed by atoms with E-state index in [0.29, 0.717) is 11.8 Å². The summed E-state index contributed by atoms with van der Waals surface area (Å²) in [5, 5.41) is 19.6. The molecular formula is C17H21N3O4S2. The normalized spacial score (nSPS) is 12.5. The van der Waals surface area contributed by atoms with Gasteiger partial charge in [0.2, 0.25) is 10.0 Å². The van der Waals surface area contributed by atoms with E-state index in [1.165, 1.54) is 23.1 Å². The smallest absolute Gasteiger partial charge is 0.293 e. The van der Waals surface area contributed by atoms with Gasteiger partial charge < -0.3 is 5.32 Å². The Morgan fingerprint density at radius 3 is 2.50 bits per heavy atom. The van der Waals surface area contributed by atoms with Gasteiger partial charge in [-0.25, -0.2) is 13.6 Å². The van der Waals surface area contributed by atoms with Gasteiger partial charge in [-0.15, -0.1) is 11.8 Å². The molecule has 0 aliphatic rings. The Morgan fingerprint density at radius 1 is 1.19 bits per heavy atom. The number of benzene rings is 2. The number of anilines is 1. The Kier molecular flexibility index (Phi) is 7.01. The molecule has 0 saturated carbocycles. The van der Waals surface area contributed by atoms with E-state index in [-0.39, 0.29) is 16.3 Å². The summed E-state index contributed by atoms with van der Waals surface area (Å²) in [6.45, 7) is 2.52. The SMILES string of the molecule is CC(CCCNc1c([N+](=O)[O-])cccc1S(N)(=O)=O)Sc1ccccc1. The molecule has 0 aliphatic heterocycles. The van der Waals surface area contributed by atoms with Crippen LogP contribution >= 0.6 is 11.8 Å². The van der Waals surface area contributed by atoms with Crippen LogP contribution in [0.5, 0.6) is 0 Å². The lowest BCUT2D eigenvalue weighted by molar-refractivity contribution is -0.384. The highest BCUT2D eigenvalue weighted by Crippen LogP contribution is 2.31. The standard InChI is InChI=1S/C17H21N3O4S2/c1-13(25-14-8-3-2-4-9-14)7-6-12-19-17-15(20(21)22)10-5-11-16(17)26(18,23)24/h2-5,8-11,13,19H,6-7,12H2,1H3,(H2,18,23,24). The third-order valence-corrected chi connectivity index (χ3v) is 5.81. The number of sulfonamides is 1. The first-order chi connectivity index (χ1) is 12.3. The third kappa shape index (κ3) is 5.72. The Morgan fingerprint density at radius 2 is 1.88 bits per heavy atom. The van der Waals surface area contributed by atoms with Gasteiger partial charge in [0, 0.05) is 22.8 Å². The van der Waals surface area contributed by atoms with Gasteiger partial charge in [0.1, 0.15) is 10.6 Å². The van der Waals surface area contributed by atoms with Crippen molar-refractivity contribution in [2.24, 2.45) is 5.14 Å². The van der Waals surface area contributed by atoms with Crippen LogP contribution < -0.4 is 10.5 Å². The first-order valence-corrected chi connectivity index (χ1v) is 10.5. The van der Waals surface area contributed by atoms with Crippen LogP contribution in [-0.2, 0) is 10.0 Å². The fraction of sp³-hybridized carbons (Fsp3) is 0.294. The number of primary sulfonamides is 1. The zero-order chi connectivity index (χ0) is 19.2. The predicted octanol–water partition coefficient (Wildman–Crippen LogP) is 3.62. The molecule has 9 heteroatoms. The summed E-state index contributed by atoms with van der Waals surface area (Å²) in [4.78, 5) is 11.5. The molecule has 0 amide bonds. The maximum absolute atomic E-state index is 11.7. The number of nitro groups is 1. The van der Waals surface area contributed by atoms with Crippen molar-refractivity contribution in [3.05, 3.63) is 58.6 Å². The van der Waals surface area contributed by atoms with E-state index < -0.39 is 14.9 Å². The number of nitrogens with one attached hydrogen (secondary N) is 1. The van der Waals surface area contributed by atoms with Crippen LogP contribution in [-0.4, -0.2) is 25.1 Å². The maximum atomic E-state index is 11.7. The van der Waals surface area contributed by atoms with Crippen molar-refractivity contribution < 1.29 is 13.3 Å². The van der Waals surface area contributed by atoms with Crippen LogP contribution in [0.2, 0.25) is 0 Å². The van der Waals surface area contributed by atoms with Gasteiger partial charge in [-0.3, -0.25) is 10.1 Å². The van der Waals surface area contributed by atoms with Gasteiger partial charge in [0.15, 0.2) is 0 Å². The van der Waals surface area contributed by atoms with Crippen molar-refractivity contribution >= 4 is 33.2 Å². The zero-order valence-corrected chi connectivity index (χ0v) is 15.9. The average Bonchev–Trinajstić information content (AvgIpc) is 2.58. The second kappa shape index (κ2) is 9.02. The molecule has 0 spiro atoms. The van der Waals surface area contributed by atoms with Gasteiger partial charge >= 0.3 is 0 Å². The molecule has 0 saturated heterocycles. The first-order valence-electron chi connectivity index (χ1n) is 8.05. The van der Waals surface area contributed by atoms with Crippen LogP contribution in [0, 0.1) is 10.1 Å². The topological polar surface area (TPSA) is 115 Å². The largest absolute Gasteiger partial charge is 0.378 e. The number of para-hydroxylation sites is 1. The summed E-state index contributed by atoms with van der Waals surface area (Å²) < 4.78 is 23.4. The third-order valence-electron chi connectivity index (χ3n) is 3.68. The van der Waals surface area contributed by atoms with E-state index in [1.807, 2.05) is 30.3 Å². The van der Waals surface area contributed by atoms with Crippen molar-refractivity contribution in [2.45, 2.75) is 34.8 Å². The van der Waals surface area contributed by atoms with E-state index in [2.05, 4.69) is 12.2 Å². The number of nitrogens with zero attached hydrogens (tertiary/aromatic N) is 1. The Labute approximate surface area is 157 Å². The number of hydrogen-bond acceptors (Lipinski definition) is 6. The van der Waals surface area contributed by atoms with Crippen LogP contribution in [0.3, 0.4) is 0 Å². The fourth-order valence-corrected chi connectivity index (χ4v) is 4.27. The molecule has 0 radical (unpaired) electrons. The maximum Gasteiger partial charge on any atom is 0.293 e. The van der Waals surface area contributed by atoms with Crippen molar-refractivity contribution in [2.75, 3.05) is 11.9 Å².